The molecule has 0 aromatic rings. The average Bonchev–Trinajstić information content (AvgIpc) is 3.07. The van der Waals surface area contributed by atoms with Gasteiger partial charge in [0.2, 0.25) is 5.91 Å². The van der Waals surface area contributed by atoms with E-state index in [1.807, 2.05) is 0 Å². The summed E-state index contributed by atoms with van der Waals surface area (Å²) in [6.07, 6.45) is 50.6. The van der Waals surface area contributed by atoms with Crippen LogP contribution in [0.15, 0.2) is 36.5 Å². The molecule has 0 radical (unpaired) electrons. The molecule has 0 saturated heterocycles. The molecule has 0 aromatic heterocycles. The summed E-state index contributed by atoms with van der Waals surface area (Å²) in [6, 6.07) is -0.542. The average molecular weight is 660 g/mol. The molecule has 0 rings (SSSR count). The molecule has 0 bridgehead atoms. The van der Waals surface area contributed by atoms with Crippen LogP contribution >= 0.6 is 0 Å². The van der Waals surface area contributed by atoms with Crippen LogP contribution in [0.1, 0.15) is 213 Å². The Morgan fingerprint density at radius 2 is 0.872 bits per heavy atom. The third kappa shape index (κ3) is 35.7. The van der Waals surface area contributed by atoms with Crippen molar-refractivity contribution >= 4 is 5.91 Å². The lowest BCUT2D eigenvalue weighted by Gasteiger charge is -2.22. The Kier molecular flexibility index (Phi) is 37.9. The fourth-order valence-corrected chi connectivity index (χ4v) is 6.19. The summed E-state index contributed by atoms with van der Waals surface area (Å²) in [5.41, 5.74) is 0. The van der Waals surface area contributed by atoms with Gasteiger partial charge in [-0.3, -0.25) is 4.79 Å². The molecule has 4 nitrogen and oxygen atoms in total. The van der Waals surface area contributed by atoms with E-state index < -0.39 is 12.1 Å². The summed E-state index contributed by atoms with van der Waals surface area (Å²) >= 11 is 0. The summed E-state index contributed by atoms with van der Waals surface area (Å²) in [5, 5.41) is 23.1. The molecule has 0 heterocycles. The van der Waals surface area contributed by atoms with Gasteiger partial charge in [-0.2, -0.15) is 0 Å². The van der Waals surface area contributed by atoms with Crippen LogP contribution in [0.3, 0.4) is 0 Å². The van der Waals surface area contributed by atoms with Crippen LogP contribution < -0.4 is 5.32 Å². The molecule has 0 aromatic carbocycles. The molecule has 0 aliphatic carbocycles. The van der Waals surface area contributed by atoms with Crippen molar-refractivity contribution in [1.82, 2.24) is 5.32 Å². The number of carbonyl (C=O) groups is 1. The highest BCUT2D eigenvalue weighted by Crippen LogP contribution is 2.15. The summed E-state index contributed by atoms with van der Waals surface area (Å²) in [4.78, 5) is 12.4. The minimum absolute atomic E-state index is 0.0444. The van der Waals surface area contributed by atoms with Gasteiger partial charge in [0.15, 0.2) is 0 Å². The summed E-state index contributed by atoms with van der Waals surface area (Å²) < 4.78 is 0. The van der Waals surface area contributed by atoms with Crippen molar-refractivity contribution < 1.29 is 15.0 Å². The Balaban J connectivity index is 3.58. The Labute approximate surface area is 293 Å². The highest BCUT2D eigenvalue weighted by atomic mass is 16.3. The van der Waals surface area contributed by atoms with E-state index in [1.165, 1.54) is 135 Å². The molecular weight excluding hydrogens is 578 g/mol. The SMILES string of the molecule is CCCCCCC/C=C\C/C=C\C/C=C\CCCCCCCCC(=O)NC(CO)C(O)CCCCCCCCCCCCCCCC. The molecular formula is C43H81NO3. The molecule has 0 aliphatic heterocycles. The molecule has 276 valence electrons. The molecule has 0 spiro atoms. The third-order valence-electron chi connectivity index (χ3n) is 9.40. The molecule has 0 saturated carbocycles. The van der Waals surface area contributed by atoms with Crippen molar-refractivity contribution in [3.05, 3.63) is 36.5 Å². The number of nitrogens with one attached hydrogen (secondary N) is 1. The van der Waals surface area contributed by atoms with E-state index in [0.717, 1.165) is 51.4 Å². The van der Waals surface area contributed by atoms with Crippen LogP contribution in [0.4, 0.5) is 0 Å². The van der Waals surface area contributed by atoms with E-state index in [-0.39, 0.29) is 12.5 Å². The topological polar surface area (TPSA) is 69.6 Å². The second-order valence-corrected chi connectivity index (χ2v) is 14.1. The van der Waals surface area contributed by atoms with Gasteiger partial charge >= 0.3 is 0 Å². The second kappa shape index (κ2) is 39.1. The Hall–Kier alpha value is -1.39. The minimum atomic E-state index is -0.664. The van der Waals surface area contributed by atoms with Crippen LogP contribution in [0.25, 0.3) is 0 Å². The van der Waals surface area contributed by atoms with E-state index >= 15 is 0 Å². The monoisotopic (exact) mass is 660 g/mol. The number of hydrogen-bond donors (Lipinski definition) is 3. The predicted octanol–water partition coefficient (Wildman–Crippen LogP) is 12.6. The fourth-order valence-electron chi connectivity index (χ4n) is 6.19. The Morgan fingerprint density at radius 1 is 0.511 bits per heavy atom. The molecule has 2 atom stereocenters. The zero-order valence-electron chi connectivity index (χ0n) is 31.5. The lowest BCUT2D eigenvalue weighted by Crippen LogP contribution is -2.45. The van der Waals surface area contributed by atoms with Crippen LogP contribution in [-0.2, 0) is 4.79 Å². The van der Waals surface area contributed by atoms with Gasteiger partial charge in [0, 0.05) is 6.42 Å². The van der Waals surface area contributed by atoms with Crippen molar-refractivity contribution in [2.24, 2.45) is 0 Å². The Bertz CT molecular complexity index is 716. The van der Waals surface area contributed by atoms with Crippen molar-refractivity contribution in [3.63, 3.8) is 0 Å². The highest BCUT2D eigenvalue weighted by Gasteiger charge is 2.19. The molecule has 4 heteroatoms. The first-order valence-corrected chi connectivity index (χ1v) is 20.7. The molecule has 0 fully saturated rings. The number of rotatable bonds is 37. The van der Waals surface area contributed by atoms with Crippen molar-refractivity contribution in [3.8, 4) is 0 Å². The van der Waals surface area contributed by atoms with E-state index in [4.69, 9.17) is 0 Å². The minimum Gasteiger partial charge on any atom is -0.394 e. The number of carbonyl (C=O) groups excluding carboxylic acids is 1. The van der Waals surface area contributed by atoms with Crippen LogP contribution in [0.5, 0.6) is 0 Å². The first-order valence-electron chi connectivity index (χ1n) is 20.7. The van der Waals surface area contributed by atoms with Crippen molar-refractivity contribution in [1.29, 1.82) is 0 Å². The van der Waals surface area contributed by atoms with Crippen molar-refractivity contribution in [2.75, 3.05) is 6.61 Å². The zero-order valence-corrected chi connectivity index (χ0v) is 31.5. The van der Waals surface area contributed by atoms with Crippen LogP contribution in [0.2, 0.25) is 0 Å². The first-order chi connectivity index (χ1) is 23.2. The van der Waals surface area contributed by atoms with Crippen LogP contribution in [0, 0.1) is 0 Å². The van der Waals surface area contributed by atoms with Crippen molar-refractivity contribution in [2.45, 2.75) is 225 Å². The maximum Gasteiger partial charge on any atom is 0.220 e. The third-order valence-corrected chi connectivity index (χ3v) is 9.40. The lowest BCUT2D eigenvalue weighted by atomic mass is 10.0. The van der Waals surface area contributed by atoms with Gasteiger partial charge in [0.25, 0.3) is 0 Å². The quantitative estimate of drug-likeness (QED) is 0.0459. The molecule has 2 unspecified atom stereocenters. The maximum absolute atomic E-state index is 12.4. The van der Waals surface area contributed by atoms with E-state index in [1.54, 1.807) is 0 Å². The standard InChI is InChI=1S/C43H81NO3/c1-3-5-7-9-11-13-15-17-19-20-21-22-23-24-25-27-29-31-33-35-37-39-43(47)44-41(40-45)42(46)38-36-34-32-30-28-26-18-16-14-12-10-8-6-4-2/h15,17,20-21,23-24,41-42,45-46H,3-14,16,18-19,22,25-40H2,1-2H3,(H,44,47)/b17-15-,21-20-,24-23-. The van der Waals surface area contributed by atoms with Gasteiger partial charge in [-0.05, 0) is 51.4 Å². The number of allylic oxidation sites excluding steroid dienone is 6. The van der Waals surface area contributed by atoms with Gasteiger partial charge in [-0.1, -0.05) is 192 Å². The van der Waals surface area contributed by atoms with Gasteiger partial charge in [-0.15, -0.1) is 0 Å². The van der Waals surface area contributed by atoms with Gasteiger partial charge in [-0.25, -0.2) is 0 Å². The molecule has 47 heavy (non-hydrogen) atoms. The molecule has 3 N–H and O–H groups in total. The summed E-state index contributed by atoms with van der Waals surface area (Å²) in [5.74, 6) is -0.0444. The van der Waals surface area contributed by atoms with Crippen LogP contribution in [-0.4, -0.2) is 34.9 Å². The number of unbranched alkanes of at least 4 members (excludes halogenated alkanes) is 24. The predicted molar refractivity (Wildman–Crippen MR) is 207 cm³/mol. The molecule has 1 amide bonds. The fraction of sp³-hybridized carbons (Fsp3) is 0.837. The summed E-state index contributed by atoms with van der Waals surface area (Å²) in [7, 11) is 0. The van der Waals surface area contributed by atoms with Gasteiger partial charge in [0.05, 0.1) is 18.8 Å². The normalized spacial score (nSPS) is 13.4. The van der Waals surface area contributed by atoms with Gasteiger partial charge in [0.1, 0.15) is 0 Å². The van der Waals surface area contributed by atoms with E-state index in [9.17, 15) is 15.0 Å². The number of hydrogen-bond acceptors (Lipinski definition) is 3. The van der Waals surface area contributed by atoms with Gasteiger partial charge < -0.3 is 15.5 Å². The maximum atomic E-state index is 12.4. The number of amides is 1. The Morgan fingerprint density at radius 3 is 1.30 bits per heavy atom. The highest BCUT2D eigenvalue weighted by molar-refractivity contribution is 5.76. The van der Waals surface area contributed by atoms with E-state index in [2.05, 4.69) is 55.6 Å². The van der Waals surface area contributed by atoms with E-state index in [0.29, 0.717) is 12.8 Å². The molecule has 0 aliphatic rings. The number of aliphatic hydroxyl groups is 2. The largest absolute Gasteiger partial charge is 0.394 e. The number of aliphatic hydroxyl groups excluding tert-OH is 2. The first kappa shape index (κ1) is 45.6. The second-order valence-electron chi connectivity index (χ2n) is 14.1. The lowest BCUT2D eigenvalue weighted by molar-refractivity contribution is -0.123. The summed E-state index contributed by atoms with van der Waals surface area (Å²) in [6.45, 7) is 4.34. The smallest absolute Gasteiger partial charge is 0.220 e. The zero-order chi connectivity index (χ0) is 34.3.